The molecule has 32 heavy (non-hydrogen) atoms. The summed E-state index contributed by atoms with van der Waals surface area (Å²) in [5, 5.41) is 15.2. The highest BCUT2D eigenvalue weighted by molar-refractivity contribution is 5.77. The molecule has 7 nitrogen and oxygen atoms in total. The SMILES string of the molecule is O=C(CCc1cnccn1)NC(c1ccccc1)C(O)(c1cccnc1)c1cccnc1. The summed E-state index contributed by atoms with van der Waals surface area (Å²) in [5.74, 6) is -0.212. The molecule has 0 radical (unpaired) electrons. The molecule has 0 fully saturated rings. The molecule has 1 amide bonds. The van der Waals surface area contributed by atoms with Gasteiger partial charge in [-0.15, -0.1) is 0 Å². The Balaban J connectivity index is 1.71. The van der Waals surface area contributed by atoms with Crippen molar-refractivity contribution in [1.29, 1.82) is 0 Å². The number of nitrogens with one attached hydrogen (secondary N) is 1. The molecule has 160 valence electrons. The van der Waals surface area contributed by atoms with E-state index in [0.717, 1.165) is 11.3 Å². The molecule has 2 N–H and O–H groups in total. The van der Waals surface area contributed by atoms with Crippen LogP contribution >= 0.6 is 0 Å². The number of hydrogen-bond acceptors (Lipinski definition) is 6. The number of carbonyl (C=O) groups is 1. The molecule has 0 aliphatic heterocycles. The van der Waals surface area contributed by atoms with Gasteiger partial charge < -0.3 is 10.4 Å². The Bertz CT molecular complexity index is 1090. The van der Waals surface area contributed by atoms with Gasteiger partial charge in [0, 0.05) is 60.9 Å². The van der Waals surface area contributed by atoms with Crippen molar-refractivity contribution < 1.29 is 9.90 Å². The number of carbonyl (C=O) groups excluding carboxylic acids is 1. The molecule has 0 bridgehead atoms. The topological polar surface area (TPSA) is 101 Å². The summed E-state index contributed by atoms with van der Waals surface area (Å²) >= 11 is 0. The third kappa shape index (κ3) is 4.68. The van der Waals surface area contributed by atoms with Crippen LogP contribution in [0, 0.1) is 0 Å². The predicted molar refractivity (Wildman–Crippen MR) is 119 cm³/mol. The van der Waals surface area contributed by atoms with Gasteiger partial charge in [-0.1, -0.05) is 42.5 Å². The first-order valence-electron chi connectivity index (χ1n) is 10.3. The lowest BCUT2D eigenvalue weighted by molar-refractivity contribution is -0.123. The first-order chi connectivity index (χ1) is 15.7. The van der Waals surface area contributed by atoms with Crippen molar-refractivity contribution >= 4 is 5.91 Å². The molecule has 1 aromatic carbocycles. The zero-order valence-electron chi connectivity index (χ0n) is 17.4. The van der Waals surface area contributed by atoms with Gasteiger partial charge in [0.15, 0.2) is 0 Å². The maximum atomic E-state index is 13.0. The van der Waals surface area contributed by atoms with Crippen LogP contribution in [-0.2, 0) is 16.8 Å². The molecule has 3 aromatic heterocycles. The summed E-state index contributed by atoms with van der Waals surface area (Å²) < 4.78 is 0. The van der Waals surface area contributed by atoms with E-state index in [1.165, 1.54) is 0 Å². The van der Waals surface area contributed by atoms with Gasteiger partial charge in [-0.3, -0.25) is 24.7 Å². The van der Waals surface area contributed by atoms with Crippen molar-refractivity contribution in [2.75, 3.05) is 0 Å². The highest BCUT2D eigenvalue weighted by Gasteiger charge is 2.42. The van der Waals surface area contributed by atoms with Crippen LogP contribution in [0.2, 0.25) is 0 Å². The zero-order chi connectivity index (χ0) is 22.2. The Kier molecular flexibility index (Phi) is 6.57. The number of hydrogen-bond donors (Lipinski definition) is 2. The standard InChI is InChI=1S/C25H23N5O2/c31-23(11-10-22-18-28-14-15-29-22)30-24(19-6-2-1-3-7-19)25(32,20-8-4-12-26-16-20)21-9-5-13-27-17-21/h1-9,12-18,24,32H,10-11H2,(H,30,31). The van der Waals surface area contributed by atoms with Gasteiger partial charge in [-0.05, 0) is 24.1 Å². The van der Waals surface area contributed by atoms with E-state index in [-0.39, 0.29) is 12.3 Å². The number of pyridine rings is 2. The van der Waals surface area contributed by atoms with Crippen LogP contribution in [0.5, 0.6) is 0 Å². The minimum atomic E-state index is -1.59. The maximum Gasteiger partial charge on any atom is 0.220 e. The van der Waals surface area contributed by atoms with Crippen molar-refractivity contribution in [1.82, 2.24) is 25.3 Å². The molecule has 0 saturated carbocycles. The molecule has 4 aromatic rings. The molecule has 0 aliphatic rings. The van der Waals surface area contributed by atoms with Gasteiger partial charge in [-0.25, -0.2) is 0 Å². The first-order valence-corrected chi connectivity index (χ1v) is 10.3. The molecular formula is C25H23N5O2. The lowest BCUT2D eigenvalue weighted by atomic mass is 9.78. The molecule has 0 spiro atoms. The Labute approximate surface area is 186 Å². The molecule has 1 atom stereocenters. The van der Waals surface area contributed by atoms with Gasteiger partial charge in [-0.2, -0.15) is 0 Å². The molecule has 7 heteroatoms. The number of benzene rings is 1. The third-order valence-electron chi connectivity index (χ3n) is 5.28. The van der Waals surface area contributed by atoms with E-state index in [2.05, 4.69) is 25.3 Å². The number of rotatable bonds is 8. The normalized spacial score (nSPS) is 12.2. The van der Waals surface area contributed by atoms with Crippen molar-refractivity contribution in [2.45, 2.75) is 24.5 Å². The van der Waals surface area contributed by atoms with E-state index < -0.39 is 11.6 Å². The highest BCUT2D eigenvalue weighted by atomic mass is 16.3. The lowest BCUT2D eigenvalue weighted by Crippen LogP contribution is -2.45. The Morgan fingerprint density at radius 2 is 1.50 bits per heavy atom. The summed E-state index contributed by atoms with van der Waals surface area (Å²) in [7, 11) is 0. The minimum Gasteiger partial charge on any atom is -0.378 e. The average Bonchev–Trinajstić information content (AvgIpc) is 2.88. The number of aryl methyl sites for hydroxylation is 1. The molecule has 0 aliphatic carbocycles. The van der Waals surface area contributed by atoms with Crippen molar-refractivity contribution in [3.8, 4) is 0 Å². The quantitative estimate of drug-likeness (QED) is 0.450. The second kappa shape index (κ2) is 9.89. The van der Waals surface area contributed by atoms with Gasteiger partial charge in [0.2, 0.25) is 5.91 Å². The smallest absolute Gasteiger partial charge is 0.220 e. The summed E-state index contributed by atoms with van der Waals surface area (Å²) in [6.45, 7) is 0. The number of amides is 1. The second-order valence-corrected chi connectivity index (χ2v) is 7.36. The van der Waals surface area contributed by atoms with E-state index >= 15 is 0 Å². The summed E-state index contributed by atoms with van der Waals surface area (Å²) in [6, 6.07) is 15.7. The lowest BCUT2D eigenvalue weighted by Gasteiger charge is -2.37. The van der Waals surface area contributed by atoms with Crippen LogP contribution in [0.15, 0.2) is 98.0 Å². The number of nitrogens with zero attached hydrogens (tertiary/aromatic N) is 4. The Morgan fingerprint density at radius 1 is 0.844 bits per heavy atom. The third-order valence-corrected chi connectivity index (χ3v) is 5.28. The van der Waals surface area contributed by atoms with E-state index in [1.807, 2.05) is 30.3 Å². The largest absolute Gasteiger partial charge is 0.378 e. The predicted octanol–water partition coefficient (Wildman–Crippen LogP) is 2.99. The van der Waals surface area contributed by atoms with Crippen molar-refractivity contribution in [3.05, 3.63) is 120 Å². The van der Waals surface area contributed by atoms with Crippen LogP contribution < -0.4 is 5.32 Å². The fourth-order valence-electron chi connectivity index (χ4n) is 3.68. The van der Waals surface area contributed by atoms with E-state index in [4.69, 9.17) is 0 Å². The molecule has 0 saturated heterocycles. The maximum absolute atomic E-state index is 13.0. The van der Waals surface area contributed by atoms with E-state index in [1.54, 1.807) is 67.6 Å². The van der Waals surface area contributed by atoms with Gasteiger partial charge in [0.25, 0.3) is 0 Å². The molecular weight excluding hydrogens is 402 g/mol. The van der Waals surface area contributed by atoms with Crippen molar-refractivity contribution in [2.24, 2.45) is 0 Å². The van der Waals surface area contributed by atoms with Crippen LogP contribution in [0.25, 0.3) is 0 Å². The zero-order valence-corrected chi connectivity index (χ0v) is 17.4. The van der Waals surface area contributed by atoms with Crippen LogP contribution in [0.4, 0.5) is 0 Å². The van der Waals surface area contributed by atoms with Crippen LogP contribution in [-0.4, -0.2) is 30.9 Å². The minimum absolute atomic E-state index is 0.207. The number of aromatic nitrogens is 4. The highest BCUT2D eigenvalue weighted by Crippen LogP contribution is 2.40. The van der Waals surface area contributed by atoms with Crippen molar-refractivity contribution in [3.63, 3.8) is 0 Å². The monoisotopic (exact) mass is 425 g/mol. The van der Waals surface area contributed by atoms with Crippen LogP contribution in [0.1, 0.15) is 34.8 Å². The van der Waals surface area contributed by atoms with E-state index in [9.17, 15) is 9.90 Å². The molecule has 4 rings (SSSR count). The average molecular weight is 425 g/mol. The Morgan fingerprint density at radius 3 is 2.06 bits per heavy atom. The molecule has 3 heterocycles. The number of aliphatic hydroxyl groups is 1. The Hall–Kier alpha value is -3.97. The summed E-state index contributed by atoms with van der Waals surface area (Å²) in [4.78, 5) is 29.7. The summed E-state index contributed by atoms with van der Waals surface area (Å²) in [5.41, 5.74) is 1.00. The van der Waals surface area contributed by atoms with Gasteiger partial charge >= 0.3 is 0 Å². The fraction of sp³-hybridized carbons (Fsp3) is 0.160. The van der Waals surface area contributed by atoms with Gasteiger partial charge in [0.1, 0.15) is 5.60 Å². The first kappa shape index (κ1) is 21.3. The molecule has 1 unspecified atom stereocenters. The van der Waals surface area contributed by atoms with Crippen LogP contribution in [0.3, 0.4) is 0 Å². The summed E-state index contributed by atoms with van der Waals surface area (Å²) in [6.07, 6.45) is 12.0. The van der Waals surface area contributed by atoms with Gasteiger partial charge in [0.05, 0.1) is 11.7 Å². The fourth-order valence-corrected chi connectivity index (χ4v) is 3.68. The second-order valence-electron chi connectivity index (χ2n) is 7.36. The van der Waals surface area contributed by atoms with E-state index in [0.29, 0.717) is 17.5 Å².